The summed E-state index contributed by atoms with van der Waals surface area (Å²) in [7, 11) is 0. The van der Waals surface area contributed by atoms with E-state index in [4.69, 9.17) is 0 Å². The van der Waals surface area contributed by atoms with E-state index in [9.17, 15) is 10.1 Å². The number of thiazole rings is 1. The second-order valence-corrected chi connectivity index (χ2v) is 5.31. The van der Waals surface area contributed by atoms with E-state index in [1.54, 1.807) is 11.3 Å². The van der Waals surface area contributed by atoms with Crippen molar-refractivity contribution in [3.05, 3.63) is 38.1 Å². The third kappa shape index (κ3) is 3.02. The van der Waals surface area contributed by atoms with E-state index < -0.39 is 4.92 Å². The van der Waals surface area contributed by atoms with Crippen LogP contribution in [0.25, 0.3) is 0 Å². The standard InChI is InChI=1S/C11H13N5O2S/c1-6-10(19-8(3)14-6)7(2)15-11-12-4-9(5-13-11)16(17)18/h4-5,7H,1-3H3,(H,12,13,15). The van der Waals surface area contributed by atoms with Gasteiger partial charge in [-0.15, -0.1) is 11.3 Å². The van der Waals surface area contributed by atoms with Gasteiger partial charge in [-0.05, 0) is 20.8 Å². The molecule has 2 aromatic rings. The zero-order valence-corrected chi connectivity index (χ0v) is 11.6. The van der Waals surface area contributed by atoms with Gasteiger partial charge in [-0.25, -0.2) is 15.0 Å². The van der Waals surface area contributed by atoms with Gasteiger partial charge in [-0.3, -0.25) is 10.1 Å². The summed E-state index contributed by atoms with van der Waals surface area (Å²) in [5.41, 5.74) is 0.854. The van der Waals surface area contributed by atoms with Crippen molar-refractivity contribution in [2.75, 3.05) is 5.32 Å². The van der Waals surface area contributed by atoms with Gasteiger partial charge in [0, 0.05) is 4.88 Å². The molecule has 0 aliphatic heterocycles. The molecule has 1 unspecified atom stereocenters. The molecule has 7 nitrogen and oxygen atoms in total. The molecule has 0 aromatic carbocycles. The molecule has 0 fully saturated rings. The highest BCUT2D eigenvalue weighted by Gasteiger charge is 2.14. The number of nitrogens with one attached hydrogen (secondary N) is 1. The first kappa shape index (κ1) is 13.3. The van der Waals surface area contributed by atoms with Crippen molar-refractivity contribution in [3.63, 3.8) is 0 Å². The Bertz CT molecular complexity index is 596. The van der Waals surface area contributed by atoms with E-state index in [-0.39, 0.29) is 11.7 Å². The predicted molar refractivity (Wildman–Crippen MR) is 72.3 cm³/mol. The Labute approximate surface area is 113 Å². The van der Waals surface area contributed by atoms with Gasteiger partial charge < -0.3 is 5.32 Å². The maximum atomic E-state index is 10.5. The van der Waals surface area contributed by atoms with Crippen LogP contribution in [0.1, 0.15) is 28.5 Å². The monoisotopic (exact) mass is 279 g/mol. The van der Waals surface area contributed by atoms with Gasteiger partial charge in [0.15, 0.2) is 0 Å². The van der Waals surface area contributed by atoms with E-state index in [0.29, 0.717) is 5.95 Å². The van der Waals surface area contributed by atoms with Crippen LogP contribution < -0.4 is 5.32 Å². The smallest absolute Gasteiger partial charge is 0.305 e. The number of nitro groups is 1. The fourth-order valence-electron chi connectivity index (χ4n) is 1.70. The van der Waals surface area contributed by atoms with Crippen molar-refractivity contribution >= 4 is 23.0 Å². The molecule has 8 heteroatoms. The largest absolute Gasteiger partial charge is 0.347 e. The lowest BCUT2D eigenvalue weighted by Gasteiger charge is -2.12. The topological polar surface area (TPSA) is 93.8 Å². The Morgan fingerprint density at radius 2 is 2.00 bits per heavy atom. The van der Waals surface area contributed by atoms with E-state index in [1.807, 2.05) is 20.8 Å². The van der Waals surface area contributed by atoms with Crippen LogP contribution in [0.5, 0.6) is 0 Å². The zero-order chi connectivity index (χ0) is 14.0. The summed E-state index contributed by atoms with van der Waals surface area (Å²) in [6.07, 6.45) is 2.37. The van der Waals surface area contributed by atoms with Crippen LogP contribution in [-0.4, -0.2) is 19.9 Å². The summed E-state index contributed by atoms with van der Waals surface area (Å²) in [6, 6.07) is 0.00709. The molecule has 2 rings (SSSR count). The fourth-order valence-corrected chi connectivity index (χ4v) is 2.63. The molecule has 0 saturated heterocycles. The van der Waals surface area contributed by atoms with Gasteiger partial charge in [0.05, 0.1) is 21.7 Å². The first-order valence-electron chi connectivity index (χ1n) is 5.64. The minimum absolute atomic E-state index is 0.00709. The van der Waals surface area contributed by atoms with Gasteiger partial charge in [-0.2, -0.15) is 0 Å². The molecule has 0 amide bonds. The molecule has 0 radical (unpaired) electrons. The van der Waals surface area contributed by atoms with Gasteiger partial charge in [-0.1, -0.05) is 0 Å². The Morgan fingerprint density at radius 1 is 1.37 bits per heavy atom. The maximum Gasteiger partial charge on any atom is 0.305 e. The molecule has 1 N–H and O–H groups in total. The number of aromatic nitrogens is 3. The lowest BCUT2D eigenvalue weighted by Crippen LogP contribution is -2.09. The maximum absolute atomic E-state index is 10.5. The number of aryl methyl sites for hydroxylation is 2. The first-order valence-corrected chi connectivity index (χ1v) is 6.46. The summed E-state index contributed by atoms with van der Waals surface area (Å²) in [5, 5.41) is 14.6. The van der Waals surface area contributed by atoms with E-state index in [2.05, 4.69) is 20.3 Å². The van der Waals surface area contributed by atoms with Crippen LogP contribution in [0.4, 0.5) is 11.6 Å². The van der Waals surface area contributed by atoms with Crippen molar-refractivity contribution in [1.29, 1.82) is 0 Å². The number of nitrogens with zero attached hydrogens (tertiary/aromatic N) is 4. The second kappa shape index (κ2) is 5.27. The van der Waals surface area contributed by atoms with Crippen molar-refractivity contribution in [3.8, 4) is 0 Å². The second-order valence-electron chi connectivity index (χ2n) is 4.07. The predicted octanol–water partition coefficient (Wildman–Crippen LogP) is 2.63. The lowest BCUT2D eigenvalue weighted by atomic mass is 10.2. The normalized spacial score (nSPS) is 12.2. The average molecular weight is 279 g/mol. The third-order valence-electron chi connectivity index (χ3n) is 2.53. The SMILES string of the molecule is Cc1nc(C)c(C(C)Nc2ncc([N+](=O)[O-])cn2)s1. The van der Waals surface area contributed by atoms with Crippen LogP contribution in [0.15, 0.2) is 12.4 Å². The molecule has 0 bridgehead atoms. The lowest BCUT2D eigenvalue weighted by molar-refractivity contribution is -0.385. The van der Waals surface area contributed by atoms with E-state index >= 15 is 0 Å². The van der Waals surface area contributed by atoms with Crippen molar-refractivity contribution in [1.82, 2.24) is 15.0 Å². The summed E-state index contributed by atoms with van der Waals surface area (Å²) in [5.74, 6) is 0.364. The highest BCUT2D eigenvalue weighted by Crippen LogP contribution is 2.26. The molecule has 0 aliphatic rings. The molecule has 2 aromatic heterocycles. The van der Waals surface area contributed by atoms with Crippen LogP contribution >= 0.6 is 11.3 Å². The van der Waals surface area contributed by atoms with Crippen molar-refractivity contribution < 1.29 is 4.92 Å². The first-order chi connectivity index (χ1) is 8.97. The molecule has 2 heterocycles. The van der Waals surface area contributed by atoms with Gasteiger partial charge in [0.25, 0.3) is 0 Å². The summed E-state index contributed by atoms with van der Waals surface area (Å²) >= 11 is 1.61. The Hall–Kier alpha value is -2.09. The Morgan fingerprint density at radius 3 is 2.47 bits per heavy atom. The highest BCUT2D eigenvalue weighted by atomic mass is 32.1. The van der Waals surface area contributed by atoms with Gasteiger partial charge >= 0.3 is 5.69 Å². The third-order valence-corrected chi connectivity index (χ3v) is 3.78. The summed E-state index contributed by atoms with van der Waals surface area (Å²) in [6.45, 7) is 5.88. The number of anilines is 1. The van der Waals surface area contributed by atoms with Crippen LogP contribution in [-0.2, 0) is 0 Å². The summed E-state index contributed by atoms with van der Waals surface area (Å²) < 4.78 is 0. The number of hydrogen-bond acceptors (Lipinski definition) is 7. The van der Waals surface area contributed by atoms with Crippen LogP contribution in [0.2, 0.25) is 0 Å². The van der Waals surface area contributed by atoms with E-state index in [1.165, 1.54) is 12.4 Å². The molecule has 100 valence electrons. The summed E-state index contributed by atoms with van der Waals surface area (Å²) in [4.78, 5) is 23.3. The quantitative estimate of drug-likeness (QED) is 0.683. The molecule has 0 saturated carbocycles. The van der Waals surface area contributed by atoms with Crippen LogP contribution in [0, 0.1) is 24.0 Å². The van der Waals surface area contributed by atoms with Gasteiger partial charge in [0.1, 0.15) is 12.4 Å². The molecule has 19 heavy (non-hydrogen) atoms. The Kier molecular flexibility index (Phi) is 3.70. The van der Waals surface area contributed by atoms with E-state index in [0.717, 1.165) is 15.6 Å². The molecule has 1 atom stereocenters. The molecular formula is C11H13N5O2S. The zero-order valence-electron chi connectivity index (χ0n) is 10.7. The number of hydrogen-bond donors (Lipinski definition) is 1. The minimum atomic E-state index is -0.524. The molecular weight excluding hydrogens is 266 g/mol. The fraction of sp³-hybridized carbons (Fsp3) is 0.364. The molecule has 0 spiro atoms. The number of rotatable bonds is 4. The van der Waals surface area contributed by atoms with Gasteiger partial charge in [0.2, 0.25) is 5.95 Å². The van der Waals surface area contributed by atoms with Crippen molar-refractivity contribution in [2.45, 2.75) is 26.8 Å². The average Bonchev–Trinajstić information content (AvgIpc) is 2.69. The van der Waals surface area contributed by atoms with Crippen LogP contribution in [0.3, 0.4) is 0 Å². The van der Waals surface area contributed by atoms with Crippen molar-refractivity contribution in [2.24, 2.45) is 0 Å². The minimum Gasteiger partial charge on any atom is -0.347 e. The molecule has 0 aliphatic carbocycles. The Balaban J connectivity index is 2.12. The highest BCUT2D eigenvalue weighted by molar-refractivity contribution is 7.11.